The number of rotatable bonds is 6. The van der Waals surface area contributed by atoms with Gasteiger partial charge in [-0.1, -0.05) is 0 Å². The van der Waals surface area contributed by atoms with Crippen LogP contribution in [0.5, 0.6) is 0 Å². The van der Waals surface area contributed by atoms with Crippen LogP contribution in [0.2, 0.25) is 0 Å². The zero-order valence-corrected chi connectivity index (χ0v) is 11.5. The van der Waals surface area contributed by atoms with E-state index in [0.717, 1.165) is 0 Å². The van der Waals surface area contributed by atoms with Crippen molar-refractivity contribution in [1.29, 1.82) is 15.8 Å². The van der Waals surface area contributed by atoms with Crippen LogP contribution in [-0.2, 0) is 9.84 Å². The lowest BCUT2D eigenvalue weighted by Gasteiger charge is -2.14. The molecular formula is C13H12N4O2S. The predicted octanol–water partition coefficient (Wildman–Crippen LogP) is 0.681. The third kappa shape index (κ3) is 4.37. The summed E-state index contributed by atoms with van der Waals surface area (Å²) in [5.74, 6) is -0.178. The fraction of sp³-hybridized carbons (Fsp3) is 0.308. The van der Waals surface area contributed by atoms with Gasteiger partial charge >= 0.3 is 0 Å². The highest BCUT2D eigenvalue weighted by molar-refractivity contribution is 7.91. The predicted molar refractivity (Wildman–Crippen MR) is 70.9 cm³/mol. The number of sulfone groups is 1. The zero-order valence-electron chi connectivity index (χ0n) is 10.7. The molecule has 0 saturated heterocycles. The Kier molecular flexibility index (Phi) is 5.68. The maximum absolute atomic E-state index is 12.1. The lowest BCUT2D eigenvalue weighted by Crippen LogP contribution is -2.30. The van der Waals surface area contributed by atoms with Crippen molar-refractivity contribution in [1.82, 2.24) is 4.90 Å². The minimum Gasteiger partial charge on any atom is -0.276 e. The van der Waals surface area contributed by atoms with Crippen LogP contribution in [0.3, 0.4) is 0 Å². The van der Waals surface area contributed by atoms with E-state index >= 15 is 0 Å². The van der Waals surface area contributed by atoms with E-state index in [2.05, 4.69) is 0 Å². The molecule has 0 fully saturated rings. The smallest absolute Gasteiger partial charge is 0.179 e. The molecule has 0 heterocycles. The molecule has 0 bridgehead atoms. The second-order valence-electron chi connectivity index (χ2n) is 3.98. The van der Waals surface area contributed by atoms with Crippen LogP contribution in [0.1, 0.15) is 5.56 Å². The minimum atomic E-state index is -3.49. The van der Waals surface area contributed by atoms with Crippen LogP contribution in [0.25, 0.3) is 0 Å². The van der Waals surface area contributed by atoms with Gasteiger partial charge in [0.15, 0.2) is 9.84 Å². The molecule has 0 saturated carbocycles. The third-order valence-corrected chi connectivity index (χ3v) is 4.32. The molecule has 1 aromatic carbocycles. The third-order valence-electron chi connectivity index (χ3n) is 2.61. The Hall–Kier alpha value is -2.40. The largest absolute Gasteiger partial charge is 0.276 e. The minimum absolute atomic E-state index is 0.0104. The summed E-state index contributed by atoms with van der Waals surface area (Å²) < 4.78 is 24.1. The van der Waals surface area contributed by atoms with Gasteiger partial charge in [0.25, 0.3) is 0 Å². The monoisotopic (exact) mass is 288 g/mol. The average molecular weight is 288 g/mol. The molecule has 0 aliphatic carbocycles. The number of benzene rings is 1. The molecule has 0 aliphatic heterocycles. The quantitative estimate of drug-likeness (QED) is 0.712. The SMILES string of the molecule is N#CCN(CC#N)CCS(=O)(=O)c1ccc(C#N)cc1. The Morgan fingerprint density at radius 2 is 1.55 bits per heavy atom. The highest BCUT2D eigenvalue weighted by Crippen LogP contribution is 2.12. The fourth-order valence-corrected chi connectivity index (χ4v) is 2.80. The molecule has 102 valence electrons. The van der Waals surface area contributed by atoms with E-state index in [1.807, 2.05) is 18.2 Å². The van der Waals surface area contributed by atoms with Gasteiger partial charge in [0.2, 0.25) is 0 Å². The Bertz CT molecular complexity index is 659. The summed E-state index contributed by atoms with van der Waals surface area (Å²) >= 11 is 0. The summed E-state index contributed by atoms with van der Waals surface area (Å²) in [7, 11) is -3.49. The van der Waals surface area contributed by atoms with Crippen LogP contribution in [-0.4, -0.2) is 38.7 Å². The van der Waals surface area contributed by atoms with E-state index in [4.69, 9.17) is 15.8 Å². The van der Waals surface area contributed by atoms with Crippen LogP contribution < -0.4 is 0 Å². The van der Waals surface area contributed by atoms with Gasteiger partial charge in [0.1, 0.15) is 0 Å². The Morgan fingerprint density at radius 1 is 1.00 bits per heavy atom. The van der Waals surface area contributed by atoms with Crippen LogP contribution in [0.4, 0.5) is 0 Å². The van der Waals surface area contributed by atoms with Crippen molar-refractivity contribution in [2.24, 2.45) is 0 Å². The number of hydrogen-bond donors (Lipinski definition) is 0. The lowest BCUT2D eigenvalue weighted by molar-refractivity contribution is 0.362. The molecule has 1 aromatic rings. The van der Waals surface area contributed by atoms with E-state index in [9.17, 15) is 8.42 Å². The summed E-state index contributed by atoms with van der Waals surface area (Å²) in [6.45, 7) is 0.135. The van der Waals surface area contributed by atoms with Gasteiger partial charge in [-0.15, -0.1) is 0 Å². The molecular weight excluding hydrogens is 276 g/mol. The molecule has 0 radical (unpaired) electrons. The summed E-state index contributed by atoms with van der Waals surface area (Å²) in [6.07, 6.45) is 0. The maximum atomic E-state index is 12.1. The summed E-state index contributed by atoms with van der Waals surface area (Å²) in [6, 6.07) is 11.3. The van der Waals surface area contributed by atoms with E-state index in [-0.39, 0.29) is 30.3 Å². The molecule has 7 heteroatoms. The molecule has 6 nitrogen and oxygen atoms in total. The number of nitriles is 3. The van der Waals surface area contributed by atoms with Gasteiger partial charge in [0.05, 0.1) is 47.5 Å². The maximum Gasteiger partial charge on any atom is 0.179 e. The van der Waals surface area contributed by atoms with E-state index in [0.29, 0.717) is 5.56 Å². The molecule has 0 amide bonds. The van der Waals surface area contributed by atoms with Crippen LogP contribution in [0.15, 0.2) is 29.2 Å². The highest BCUT2D eigenvalue weighted by atomic mass is 32.2. The number of hydrogen-bond acceptors (Lipinski definition) is 6. The summed E-state index contributed by atoms with van der Waals surface area (Å²) in [4.78, 5) is 1.59. The average Bonchev–Trinajstić information content (AvgIpc) is 2.45. The van der Waals surface area contributed by atoms with E-state index < -0.39 is 9.84 Å². The molecule has 0 N–H and O–H groups in total. The Labute approximate surface area is 118 Å². The fourth-order valence-electron chi connectivity index (χ4n) is 1.52. The molecule has 20 heavy (non-hydrogen) atoms. The molecule has 0 spiro atoms. The Morgan fingerprint density at radius 3 is 2.00 bits per heavy atom. The van der Waals surface area contributed by atoms with Crippen LogP contribution >= 0.6 is 0 Å². The van der Waals surface area contributed by atoms with Crippen LogP contribution in [0, 0.1) is 34.0 Å². The van der Waals surface area contributed by atoms with E-state index in [1.54, 1.807) is 0 Å². The second-order valence-corrected chi connectivity index (χ2v) is 6.09. The van der Waals surface area contributed by atoms with Gasteiger partial charge in [-0.25, -0.2) is 8.42 Å². The van der Waals surface area contributed by atoms with Gasteiger partial charge in [-0.05, 0) is 24.3 Å². The molecule has 0 aliphatic rings. The first-order chi connectivity index (χ1) is 9.53. The molecule has 0 atom stereocenters. The van der Waals surface area contributed by atoms with Gasteiger partial charge in [0, 0.05) is 6.54 Å². The topological polar surface area (TPSA) is 109 Å². The molecule has 0 aromatic heterocycles. The van der Waals surface area contributed by atoms with Crippen molar-refractivity contribution in [3.05, 3.63) is 29.8 Å². The van der Waals surface area contributed by atoms with Gasteiger partial charge in [-0.3, -0.25) is 4.90 Å². The van der Waals surface area contributed by atoms with Crippen molar-refractivity contribution in [2.45, 2.75) is 4.90 Å². The Balaban J connectivity index is 2.77. The van der Waals surface area contributed by atoms with Gasteiger partial charge < -0.3 is 0 Å². The van der Waals surface area contributed by atoms with Crippen molar-refractivity contribution >= 4 is 9.84 Å². The zero-order chi connectivity index (χ0) is 15.0. The number of nitrogens with zero attached hydrogens (tertiary/aromatic N) is 4. The van der Waals surface area contributed by atoms with E-state index in [1.165, 1.54) is 29.2 Å². The lowest BCUT2D eigenvalue weighted by atomic mass is 10.2. The summed E-state index contributed by atoms with van der Waals surface area (Å²) in [5.41, 5.74) is 0.388. The standard InChI is InChI=1S/C13H12N4O2S/c14-5-7-17(8-6-15)9-10-20(18,19)13-3-1-12(11-16)2-4-13/h1-4H,7-10H2. The van der Waals surface area contributed by atoms with Crippen molar-refractivity contribution in [3.63, 3.8) is 0 Å². The van der Waals surface area contributed by atoms with Gasteiger partial charge in [-0.2, -0.15) is 15.8 Å². The second kappa shape index (κ2) is 7.25. The van der Waals surface area contributed by atoms with Crippen molar-refractivity contribution in [3.8, 4) is 18.2 Å². The molecule has 1 rings (SSSR count). The first-order valence-electron chi connectivity index (χ1n) is 5.72. The normalized spacial score (nSPS) is 10.5. The van der Waals surface area contributed by atoms with Crippen molar-refractivity contribution in [2.75, 3.05) is 25.4 Å². The summed E-state index contributed by atoms with van der Waals surface area (Å²) in [5, 5.41) is 25.8. The first kappa shape index (κ1) is 15.7. The van der Waals surface area contributed by atoms with Crippen molar-refractivity contribution < 1.29 is 8.42 Å². The molecule has 0 unspecified atom stereocenters. The first-order valence-corrected chi connectivity index (χ1v) is 7.38. The highest BCUT2D eigenvalue weighted by Gasteiger charge is 2.16.